The molecule has 0 spiro atoms. The Morgan fingerprint density at radius 1 is 1.39 bits per heavy atom. The fourth-order valence-corrected chi connectivity index (χ4v) is 3.18. The average Bonchev–Trinajstić information content (AvgIpc) is 2.69. The van der Waals surface area contributed by atoms with Crippen LogP contribution in [0.2, 0.25) is 0 Å². The Hall–Kier alpha value is -0.960. The maximum Gasteiger partial charge on any atom is 0.246 e. The minimum atomic E-state index is -3.62. The summed E-state index contributed by atoms with van der Waals surface area (Å²) in [6, 6.07) is 0. The highest BCUT2D eigenvalue weighted by Gasteiger charge is 2.25. The van der Waals surface area contributed by atoms with Crippen LogP contribution in [0.5, 0.6) is 0 Å². The van der Waals surface area contributed by atoms with Crippen molar-refractivity contribution in [3.8, 4) is 0 Å². The highest BCUT2D eigenvalue weighted by molar-refractivity contribution is 7.89. The third kappa shape index (κ3) is 2.89. The summed E-state index contributed by atoms with van der Waals surface area (Å²) in [5.41, 5.74) is 0.348. The molecule has 7 nitrogen and oxygen atoms in total. The van der Waals surface area contributed by atoms with Crippen molar-refractivity contribution in [2.75, 3.05) is 26.4 Å². The molecule has 1 aliphatic heterocycles. The number of ether oxygens (including phenoxy) is 2. The van der Waals surface area contributed by atoms with E-state index in [1.165, 1.54) is 0 Å². The van der Waals surface area contributed by atoms with E-state index >= 15 is 0 Å². The van der Waals surface area contributed by atoms with Crippen LogP contribution in [0.3, 0.4) is 0 Å². The Morgan fingerprint density at radius 3 is 2.72 bits per heavy atom. The zero-order valence-electron chi connectivity index (χ0n) is 10.3. The normalized spacial score (nSPS) is 21.1. The summed E-state index contributed by atoms with van der Waals surface area (Å²) >= 11 is 0. The SMILES string of the molecule is Cc1noc(C)c1S(=O)(=O)NCC1COCCO1. The van der Waals surface area contributed by atoms with Gasteiger partial charge in [-0.25, -0.2) is 13.1 Å². The molecule has 2 heterocycles. The summed E-state index contributed by atoms with van der Waals surface area (Å²) in [7, 11) is -3.62. The van der Waals surface area contributed by atoms with E-state index in [4.69, 9.17) is 14.0 Å². The van der Waals surface area contributed by atoms with E-state index in [0.29, 0.717) is 25.5 Å². The van der Waals surface area contributed by atoms with Gasteiger partial charge in [0.2, 0.25) is 10.0 Å². The second-order valence-electron chi connectivity index (χ2n) is 4.07. The molecule has 1 aromatic heterocycles. The van der Waals surface area contributed by atoms with Crippen molar-refractivity contribution in [3.05, 3.63) is 11.5 Å². The van der Waals surface area contributed by atoms with Crippen LogP contribution in [-0.4, -0.2) is 46.0 Å². The van der Waals surface area contributed by atoms with Gasteiger partial charge in [0.15, 0.2) is 5.76 Å². The summed E-state index contributed by atoms with van der Waals surface area (Å²) in [6.07, 6.45) is -0.256. The second-order valence-corrected chi connectivity index (χ2v) is 5.78. The first kappa shape index (κ1) is 13.5. The fourth-order valence-electron chi connectivity index (χ4n) is 1.79. The smallest absolute Gasteiger partial charge is 0.246 e. The molecule has 0 aromatic carbocycles. The molecule has 1 aromatic rings. The van der Waals surface area contributed by atoms with Gasteiger partial charge in [0.25, 0.3) is 0 Å². The highest BCUT2D eigenvalue weighted by Crippen LogP contribution is 2.18. The Bertz CT molecular complexity index is 485. The third-order valence-electron chi connectivity index (χ3n) is 2.62. The lowest BCUT2D eigenvalue weighted by Gasteiger charge is -2.22. The van der Waals surface area contributed by atoms with Gasteiger partial charge in [-0.05, 0) is 13.8 Å². The lowest BCUT2D eigenvalue weighted by Crippen LogP contribution is -2.39. The van der Waals surface area contributed by atoms with Gasteiger partial charge in [0.1, 0.15) is 10.6 Å². The summed E-state index contributed by atoms with van der Waals surface area (Å²) < 4.78 is 42.0. The molecule has 0 amide bonds. The van der Waals surface area contributed by atoms with Gasteiger partial charge in [0, 0.05) is 6.54 Å². The molecule has 0 bridgehead atoms. The van der Waals surface area contributed by atoms with Crippen molar-refractivity contribution < 1.29 is 22.4 Å². The van der Waals surface area contributed by atoms with Crippen LogP contribution in [0.4, 0.5) is 0 Å². The molecule has 2 rings (SSSR count). The molecule has 8 heteroatoms. The van der Waals surface area contributed by atoms with E-state index in [1.807, 2.05) is 0 Å². The van der Waals surface area contributed by atoms with Crippen LogP contribution in [-0.2, 0) is 19.5 Å². The fraction of sp³-hybridized carbons (Fsp3) is 0.700. The number of nitrogens with one attached hydrogen (secondary N) is 1. The van der Waals surface area contributed by atoms with Gasteiger partial charge in [-0.1, -0.05) is 5.16 Å². The lowest BCUT2D eigenvalue weighted by molar-refractivity contribution is -0.0846. The summed E-state index contributed by atoms with van der Waals surface area (Å²) in [6.45, 7) is 4.75. The summed E-state index contributed by atoms with van der Waals surface area (Å²) in [5.74, 6) is 0.279. The number of hydrogen-bond donors (Lipinski definition) is 1. The van der Waals surface area contributed by atoms with E-state index in [9.17, 15) is 8.42 Å². The number of aryl methyl sites for hydroxylation is 2. The van der Waals surface area contributed by atoms with Crippen LogP contribution in [0.1, 0.15) is 11.5 Å². The van der Waals surface area contributed by atoms with Crippen molar-refractivity contribution in [2.24, 2.45) is 0 Å². The molecule has 1 saturated heterocycles. The Balaban J connectivity index is 2.03. The first-order valence-electron chi connectivity index (χ1n) is 5.62. The van der Waals surface area contributed by atoms with Crippen molar-refractivity contribution in [2.45, 2.75) is 24.8 Å². The molecule has 1 unspecified atom stereocenters. The van der Waals surface area contributed by atoms with Gasteiger partial charge in [-0.3, -0.25) is 0 Å². The second kappa shape index (κ2) is 5.35. The van der Waals surface area contributed by atoms with Gasteiger partial charge < -0.3 is 14.0 Å². The molecular weight excluding hydrogens is 260 g/mol. The predicted molar refractivity (Wildman–Crippen MR) is 61.7 cm³/mol. The third-order valence-corrected chi connectivity index (χ3v) is 4.29. The summed E-state index contributed by atoms with van der Waals surface area (Å²) in [5, 5.41) is 3.63. The maximum absolute atomic E-state index is 12.1. The Morgan fingerprint density at radius 2 is 2.17 bits per heavy atom. The van der Waals surface area contributed by atoms with Crippen molar-refractivity contribution in [1.82, 2.24) is 9.88 Å². The van der Waals surface area contributed by atoms with E-state index < -0.39 is 10.0 Å². The average molecular weight is 276 g/mol. The van der Waals surface area contributed by atoms with Crippen LogP contribution in [0.15, 0.2) is 9.42 Å². The molecule has 18 heavy (non-hydrogen) atoms. The van der Waals surface area contributed by atoms with Crippen LogP contribution in [0.25, 0.3) is 0 Å². The molecule has 1 N–H and O–H groups in total. The standard InChI is InChI=1S/C10H16N2O5S/c1-7-10(8(2)17-12-7)18(13,14)11-5-9-6-15-3-4-16-9/h9,11H,3-6H2,1-2H3. The van der Waals surface area contributed by atoms with Crippen molar-refractivity contribution >= 4 is 10.0 Å². The highest BCUT2D eigenvalue weighted by atomic mass is 32.2. The number of sulfonamides is 1. The largest absolute Gasteiger partial charge is 0.376 e. The number of rotatable bonds is 4. The van der Waals surface area contributed by atoms with Crippen LogP contribution < -0.4 is 4.72 Å². The number of nitrogens with zero attached hydrogens (tertiary/aromatic N) is 1. The zero-order chi connectivity index (χ0) is 13.2. The predicted octanol–water partition coefficient (Wildman–Crippen LogP) is -0.0149. The van der Waals surface area contributed by atoms with Crippen LogP contribution in [0, 0.1) is 13.8 Å². The molecule has 102 valence electrons. The number of hydrogen-bond acceptors (Lipinski definition) is 6. The van der Waals surface area contributed by atoms with E-state index in [1.54, 1.807) is 13.8 Å². The Labute approximate surface area is 105 Å². The maximum atomic E-state index is 12.1. The molecule has 0 radical (unpaired) electrons. The molecule has 1 atom stereocenters. The zero-order valence-corrected chi connectivity index (χ0v) is 11.1. The lowest BCUT2D eigenvalue weighted by atomic mass is 10.3. The van der Waals surface area contributed by atoms with Gasteiger partial charge in [-0.2, -0.15) is 0 Å². The van der Waals surface area contributed by atoms with E-state index in [0.717, 1.165) is 0 Å². The van der Waals surface area contributed by atoms with E-state index in [-0.39, 0.29) is 23.3 Å². The van der Waals surface area contributed by atoms with Crippen molar-refractivity contribution in [1.29, 1.82) is 0 Å². The van der Waals surface area contributed by atoms with Gasteiger partial charge in [-0.15, -0.1) is 0 Å². The molecular formula is C10H16N2O5S. The molecule has 1 fully saturated rings. The summed E-state index contributed by atoms with van der Waals surface area (Å²) in [4.78, 5) is 0.0965. The topological polar surface area (TPSA) is 90.7 Å². The van der Waals surface area contributed by atoms with Gasteiger partial charge in [0.05, 0.1) is 25.9 Å². The van der Waals surface area contributed by atoms with Crippen molar-refractivity contribution in [3.63, 3.8) is 0 Å². The first-order valence-corrected chi connectivity index (χ1v) is 7.11. The molecule has 0 saturated carbocycles. The Kier molecular flexibility index (Phi) is 4.00. The molecule has 0 aliphatic carbocycles. The molecule has 1 aliphatic rings. The van der Waals surface area contributed by atoms with Crippen LogP contribution >= 0.6 is 0 Å². The quantitative estimate of drug-likeness (QED) is 0.831. The minimum absolute atomic E-state index is 0.0965. The minimum Gasteiger partial charge on any atom is -0.376 e. The van der Waals surface area contributed by atoms with E-state index in [2.05, 4.69) is 9.88 Å². The van der Waals surface area contributed by atoms with Gasteiger partial charge >= 0.3 is 0 Å². The first-order chi connectivity index (χ1) is 8.50. The number of aromatic nitrogens is 1. The monoisotopic (exact) mass is 276 g/mol.